The highest BCUT2D eigenvalue weighted by Gasteiger charge is 2.27. The van der Waals surface area contributed by atoms with E-state index in [1.54, 1.807) is 11.1 Å². The van der Waals surface area contributed by atoms with E-state index in [-0.39, 0.29) is 6.10 Å². The zero-order valence-corrected chi connectivity index (χ0v) is 14.9. The van der Waals surface area contributed by atoms with Crippen molar-refractivity contribution in [1.82, 2.24) is 0 Å². The molecule has 0 bridgehead atoms. The van der Waals surface area contributed by atoms with E-state index in [0.717, 1.165) is 11.8 Å². The van der Waals surface area contributed by atoms with Gasteiger partial charge in [-0.1, -0.05) is 56.7 Å². The highest BCUT2D eigenvalue weighted by molar-refractivity contribution is 5.98. The number of hydrogen-bond acceptors (Lipinski definition) is 1. The maximum absolute atomic E-state index is 5.52. The Morgan fingerprint density at radius 1 is 0.909 bits per heavy atom. The van der Waals surface area contributed by atoms with Gasteiger partial charge < -0.3 is 4.43 Å². The van der Waals surface area contributed by atoms with E-state index in [9.17, 15) is 0 Å². The van der Waals surface area contributed by atoms with Crippen LogP contribution < -0.4 is 0 Å². The Hall–Kier alpha value is -0.603. The highest BCUT2D eigenvalue weighted by Crippen LogP contribution is 2.44. The van der Waals surface area contributed by atoms with Crippen LogP contribution in [0.25, 0.3) is 0 Å². The van der Waals surface area contributed by atoms with Gasteiger partial charge in [0.2, 0.25) is 10.5 Å². The molecule has 0 spiro atoms. The van der Waals surface area contributed by atoms with Crippen LogP contribution in [-0.4, -0.2) is 10.5 Å². The van der Waals surface area contributed by atoms with E-state index in [1.807, 2.05) is 0 Å². The second-order valence-electron chi connectivity index (χ2n) is 7.28. The molecule has 2 heteroatoms. The normalized spacial score (nSPS) is 22.6. The Labute approximate surface area is 139 Å². The predicted octanol–water partition coefficient (Wildman–Crippen LogP) is 5.94. The third-order valence-corrected chi connectivity index (χ3v) is 6.20. The zero-order chi connectivity index (χ0) is 15.4. The first-order chi connectivity index (χ1) is 10.8. The monoisotopic (exact) mass is 313 g/mol. The van der Waals surface area contributed by atoms with Crippen molar-refractivity contribution in [3.8, 4) is 0 Å². The summed E-state index contributed by atoms with van der Waals surface area (Å²) in [7, 11) is 3.28. The molecular weight excluding hydrogens is 284 g/mol. The lowest BCUT2D eigenvalue weighted by atomic mass is 9.74. The molecule has 0 amide bonds. The van der Waals surface area contributed by atoms with Crippen molar-refractivity contribution >= 4 is 10.5 Å². The van der Waals surface area contributed by atoms with Crippen LogP contribution in [-0.2, 0) is 4.43 Å². The van der Waals surface area contributed by atoms with Crippen LogP contribution in [0.5, 0.6) is 0 Å². The molecule has 0 aromatic heterocycles. The van der Waals surface area contributed by atoms with Crippen LogP contribution in [0, 0.1) is 0 Å². The van der Waals surface area contributed by atoms with E-state index in [1.165, 1.54) is 69.8 Å². The van der Waals surface area contributed by atoms with Crippen molar-refractivity contribution in [3.63, 3.8) is 0 Å². The van der Waals surface area contributed by atoms with Crippen molar-refractivity contribution in [2.45, 2.75) is 89.1 Å². The summed E-state index contributed by atoms with van der Waals surface area (Å²) in [6.45, 7) is 2.17. The fraction of sp³-hybridized carbons (Fsp3) is 0.700. The van der Waals surface area contributed by atoms with Crippen LogP contribution in [0.15, 0.2) is 18.2 Å². The Kier molecular flexibility index (Phi) is 5.75. The van der Waals surface area contributed by atoms with Gasteiger partial charge >= 0.3 is 0 Å². The molecule has 0 N–H and O–H groups in total. The van der Waals surface area contributed by atoms with Crippen LogP contribution in [0.1, 0.15) is 106 Å². The smallest absolute Gasteiger partial charge is 0.247 e. The molecule has 2 saturated carbocycles. The van der Waals surface area contributed by atoms with Crippen LogP contribution in [0.3, 0.4) is 0 Å². The lowest BCUT2D eigenvalue weighted by molar-refractivity contribution is 0.247. The molecule has 1 unspecified atom stereocenters. The predicted molar refractivity (Wildman–Crippen MR) is 93.3 cm³/mol. The molecule has 1 aromatic rings. The molecule has 1 atom stereocenters. The van der Waals surface area contributed by atoms with Crippen molar-refractivity contribution in [1.29, 1.82) is 0 Å². The summed E-state index contributed by atoms with van der Waals surface area (Å²) in [4.78, 5) is 0. The third kappa shape index (κ3) is 3.49. The summed E-state index contributed by atoms with van der Waals surface area (Å²) in [5, 5.41) is 0. The fourth-order valence-corrected chi connectivity index (χ4v) is 4.78. The molecular formula is C20H29OSi. The van der Waals surface area contributed by atoms with E-state index in [2.05, 4.69) is 35.6 Å². The number of benzene rings is 1. The zero-order valence-electron chi connectivity index (χ0n) is 13.9. The average Bonchev–Trinajstić information content (AvgIpc) is 2.62. The van der Waals surface area contributed by atoms with Gasteiger partial charge in [0.25, 0.3) is 0 Å². The van der Waals surface area contributed by atoms with E-state index in [4.69, 9.17) is 4.43 Å². The third-order valence-electron chi connectivity index (χ3n) is 5.85. The van der Waals surface area contributed by atoms with Gasteiger partial charge in [0, 0.05) is 0 Å². The molecule has 119 valence electrons. The lowest BCUT2D eigenvalue weighted by Crippen LogP contribution is -2.16. The summed E-state index contributed by atoms with van der Waals surface area (Å²) < 4.78 is 5.52. The molecule has 3 radical (unpaired) electrons. The van der Waals surface area contributed by atoms with E-state index >= 15 is 0 Å². The molecule has 22 heavy (non-hydrogen) atoms. The Morgan fingerprint density at radius 3 is 2.09 bits per heavy atom. The minimum Gasteiger partial charge on any atom is -0.412 e. The first kappa shape index (κ1) is 16.3. The maximum Gasteiger partial charge on any atom is 0.247 e. The molecule has 0 heterocycles. The van der Waals surface area contributed by atoms with Crippen LogP contribution >= 0.6 is 0 Å². The molecule has 2 aliphatic carbocycles. The van der Waals surface area contributed by atoms with Gasteiger partial charge in [-0.2, -0.15) is 0 Å². The number of rotatable bonds is 4. The lowest BCUT2D eigenvalue weighted by Gasteiger charge is -2.32. The molecule has 3 rings (SSSR count). The first-order valence-corrected chi connectivity index (χ1v) is 9.67. The molecule has 1 nitrogen and oxygen atoms in total. The molecule has 0 aliphatic heterocycles. The Morgan fingerprint density at radius 2 is 1.50 bits per heavy atom. The Balaban J connectivity index is 1.99. The summed E-state index contributed by atoms with van der Waals surface area (Å²) in [6, 6.07) is 6.97. The topological polar surface area (TPSA) is 9.23 Å². The van der Waals surface area contributed by atoms with Crippen LogP contribution in [0.2, 0.25) is 0 Å². The van der Waals surface area contributed by atoms with Crippen molar-refractivity contribution in [2.75, 3.05) is 0 Å². The maximum atomic E-state index is 5.52. The second kappa shape index (κ2) is 7.78. The molecule has 1 aromatic carbocycles. The van der Waals surface area contributed by atoms with Crippen molar-refractivity contribution in [3.05, 3.63) is 34.9 Å². The van der Waals surface area contributed by atoms with Gasteiger partial charge in [-0.15, -0.1) is 0 Å². The van der Waals surface area contributed by atoms with Gasteiger partial charge in [0.1, 0.15) is 0 Å². The Bertz CT molecular complexity index is 473. The van der Waals surface area contributed by atoms with Gasteiger partial charge in [0.15, 0.2) is 0 Å². The molecule has 2 fully saturated rings. The van der Waals surface area contributed by atoms with E-state index in [0.29, 0.717) is 0 Å². The largest absolute Gasteiger partial charge is 0.412 e. The quantitative estimate of drug-likeness (QED) is 0.625. The molecule has 0 saturated heterocycles. The standard InChI is InChI=1S/C20H29OSi/c1-15(21-22)18-13-8-14-19(16-9-4-2-5-10-16)20(18)17-11-6-3-7-12-17/h8,13-17H,2-7,9-12H2,1H3. The van der Waals surface area contributed by atoms with Gasteiger partial charge in [-0.3, -0.25) is 0 Å². The highest BCUT2D eigenvalue weighted by atomic mass is 28.2. The molecule has 2 aliphatic rings. The van der Waals surface area contributed by atoms with Gasteiger partial charge in [0.05, 0.1) is 6.10 Å². The number of hydrogen-bond donors (Lipinski definition) is 0. The summed E-state index contributed by atoms with van der Waals surface area (Å²) in [5.41, 5.74) is 4.73. The average molecular weight is 314 g/mol. The summed E-state index contributed by atoms with van der Waals surface area (Å²) in [6.07, 6.45) is 14.1. The van der Waals surface area contributed by atoms with Crippen molar-refractivity contribution in [2.24, 2.45) is 0 Å². The van der Waals surface area contributed by atoms with Gasteiger partial charge in [-0.25, -0.2) is 0 Å². The minimum atomic E-state index is 0.136. The SMILES string of the molecule is CC(O[Si])c1cccc(C2CCCCC2)c1C1CCCCC1. The first-order valence-electron chi connectivity index (χ1n) is 9.26. The van der Waals surface area contributed by atoms with E-state index < -0.39 is 0 Å². The summed E-state index contributed by atoms with van der Waals surface area (Å²) in [5.74, 6) is 1.54. The minimum absolute atomic E-state index is 0.136. The fourth-order valence-electron chi connectivity index (χ4n) is 4.65. The van der Waals surface area contributed by atoms with Gasteiger partial charge in [-0.05, 0) is 61.1 Å². The second-order valence-corrected chi connectivity index (χ2v) is 7.52. The van der Waals surface area contributed by atoms with Crippen molar-refractivity contribution < 1.29 is 4.43 Å². The summed E-state index contributed by atoms with van der Waals surface area (Å²) >= 11 is 0. The van der Waals surface area contributed by atoms with Crippen LogP contribution in [0.4, 0.5) is 0 Å².